The summed E-state index contributed by atoms with van der Waals surface area (Å²) >= 11 is 0. The van der Waals surface area contributed by atoms with E-state index < -0.39 is 125 Å². The Kier molecular flexibility index (Phi) is 6.62. The Morgan fingerprint density at radius 3 is 1.19 bits per heavy atom. The molecule has 0 aliphatic heterocycles. The standard InChI is InChI=1S/C27H5F15/c28-6-1-2-7-8(5-6)12(16-20(33)24(37)26(39)25(38)21(16)34)14-10(30)4-3-9(29)13(14)11(7)15-18(31)22(35)17(27(40,41)42)23(36)19(15)32/h1-5H. The molecule has 5 aromatic rings. The van der Waals surface area contributed by atoms with E-state index in [-0.39, 0.29) is 18.2 Å². The average molecular weight is 614 g/mol. The number of hydrogen-bond acceptors (Lipinski definition) is 0. The zero-order chi connectivity index (χ0) is 31.2. The van der Waals surface area contributed by atoms with Crippen LogP contribution in [0.25, 0.3) is 43.8 Å². The predicted molar refractivity (Wildman–Crippen MR) is 117 cm³/mol. The molecule has 42 heavy (non-hydrogen) atoms. The van der Waals surface area contributed by atoms with Gasteiger partial charge in [0, 0.05) is 21.9 Å². The van der Waals surface area contributed by atoms with Crippen molar-refractivity contribution >= 4 is 21.5 Å². The molecule has 5 aromatic carbocycles. The van der Waals surface area contributed by atoms with Gasteiger partial charge in [0.1, 0.15) is 23.0 Å². The third-order valence-corrected chi connectivity index (χ3v) is 6.38. The van der Waals surface area contributed by atoms with Gasteiger partial charge in [-0.25, -0.2) is 52.7 Å². The van der Waals surface area contributed by atoms with Gasteiger partial charge in [-0.2, -0.15) is 13.2 Å². The number of hydrogen-bond donors (Lipinski definition) is 0. The predicted octanol–water partition coefficient (Wildman–Crippen LogP) is 10.0. The van der Waals surface area contributed by atoms with Crippen molar-refractivity contribution in [2.45, 2.75) is 6.18 Å². The summed E-state index contributed by atoms with van der Waals surface area (Å²) in [5, 5.41) is -5.26. The monoisotopic (exact) mass is 614 g/mol. The number of halogens is 15. The SMILES string of the molecule is Fc1ccc2c(-c3c(F)c(F)c(C(F)(F)F)c(F)c3F)c3c(F)ccc(F)c3c(-c3c(F)c(F)c(F)c(F)c3F)c2c1. The highest BCUT2D eigenvalue weighted by atomic mass is 19.4. The third-order valence-electron chi connectivity index (χ3n) is 6.38. The van der Waals surface area contributed by atoms with Crippen LogP contribution in [0, 0.1) is 69.8 Å². The van der Waals surface area contributed by atoms with Crippen LogP contribution in [0.4, 0.5) is 65.9 Å². The molecule has 218 valence electrons. The van der Waals surface area contributed by atoms with Crippen LogP contribution in [0.1, 0.15) is 5.56 Å². The molecular weight excluding hydrogens is 609 g/mol. The maximum absolute atomic E-state index is 15.3. The molecule has 5 rings (SSSR count). The fourth-order valence-corrected chi connectivity index (χ4v) is 4.70. The fraction of sp³-hybridized carbons (Fsp3) is 0.0370. The molecule has 0 fully saturated rings. The molecule has 0 heterocycles. The Hall–Kier alpha value is -4.43. The fourth-order valence-electron chi connectivity index (χ4n) is 4.70. The molecule has 15 heteroatoms. The van der Waals surface area contributed by atoms with Gasteiger partial charge in [-0.05, 0) is 35.0 Å². The summed E-state index contributed by atoms with van der Waals surface area (Å²) < 4.78 is 216. The van der Waals surface area contributed by atoms with Crippen molar-refractivity contribution in [3.05, 3.63) is 106 Å². The number of fused-ring (bicyclic) bond motifs is 2. The van der Waals surface area contributed by atoms with Crippen molar-refractivity contribution in [2.24, 2.45) is 0 Å². The van der Waals surface area contributed by atoms with E-state index in [1.54, 1.807) is 0 Å². The molecule has 0 nitrogen and oxygen atoms in total. The van der Waals surface area contributed by atoms with Gasteiger partial charge in [0.05, 0.1) is 11.1 Å². The Labute approximate surface area is 222 Å². The molecule has 0 bridgehead atoms. The minimum atomic E-state index is -6.01. The first kappa shape index (κ1) is 29.1. The second-order valence-corrected chi connectivity index (χ2v) is 8.67. The van der Waals surface area contributed by atoms with Gasteiger partial charge < -0.3 is 0 Å². The van der Waals surface area contributed by atoms with Gasteiger partial charge in [0.2, 0.25) is 5.82 Å². The molecule has 0 spiro atoms. The van der Waals surface area contributed by atoms with Crippen molar-refractivity contribution in [3.63, 3.8) is 0 Å². The quantitative estimate of drug-likeness (QED) is 0.0804. The Bertz CT molecular complexity index is 1930. The molecule has 0 saturated carbocycles. The smallest absolute Gasteiger partial charge is 0.207 e. The molecule has 0 aliphatic carbocycles. The topological polar surface area (TPSA) is 0 Å². The lowest BCUT2D eigenvalue weighted by Crippen LogP contribution is -2.16. The first-order valence-corrected chi connectivity index (χ1v) is 11.0. The summed E-state index contributed by atoms with van der Waals surface area (Å²) in [5.41, 5.74) is -10.0. The number of rotatable bonds is 2. The van der Waals surface area contributed by atoms with E-state index in [0.717, 1.165) is 0 Å². The van der Waals surface area contributed by atoms with E-state index in [1.807, 2.05) is 0 Å². The summed E-state index contributed by atoms with van der Waals surface area (Å²) in [5.74, 6) is -29.8. The lowest BCUT2D eigenvalue weighted by atomic mass is 9.84. The van der Waals surface area contributed by atoms with Crippen molar-refractivity contribution in [1.29, 1.82) is 0 Å². The minimum Gasteiger partial charge on any atom is -0.207 e. The summed E-state index contributed by atoms with van der Waals surface area (Å²) in [7, 11) is 0. The van der Waals surface area contributed by atoms with Crippen molar-refractivity contribution in [3.8, 4) is 22.3 Å². The van der Waals surface area contributed by atoms with E-state index in [4.69, 9.17) is 0 Å². The largest absolute Gasteiger partial charge is 0.422 e. The van der Waals surface area contributed by atoms with E-state index in [2.05, 4.69) is 0 Å². The van der Waals surface area contributed by atoms with Gasteiger partial charge in [-0.3, -0.25) is 0 Å². The highest BCUT2D eigenvalue weighted by molar-refractivity contribution is 6.22. The second-order valence-electron chi connectivity index (χ2n) is 8.67. The molecule has 0 amide bonds. The summed E-state index contributed by atoms with van der Waals surface area (Å²) in [4.78, 5) is 0. The molecule has 0 aromatic heterocycles. The van der Waals surface area contributed by atoms with Crippen molar-refractivity contribution in [1.82, 2.24) is 0 Å². The van der Waals surface area contributed by atoms with Crippen LogP contribution < -0.4 is 0 Å². The molecule has 0 saturated heterocycles. The summed E-state index contributed by atoms with van der Waals surface area (Å²) in [6.45, 7) is 0. The van der Waals surface area contributed by atoms with Gasteiger partial charge >= 0.3 is 6.18 Å². The molecule has 0 aliphatic rings. The zero-order valence-corrected chi connectivity index (χ0v) is 19.6. The minimum absolute atomic E-state index is 0.211. The van der Waals surface area contributed by atoms with Crippen LogP contribution in [0.15, 0.2) is 30.3 Å². The first-order chi connectivity index (χ1) is 19.5. The Balaban J connectivity index is 2.15. The van der Waals surface area contributed by atoms with Crippen LogP contribution in [0.3, 0.4) is 0 Å². The van der Waals surface area contributed by atoms with Gasteiger partial charge in [-0.1, -0.05) is 6.07 Å². The van der Waals surface area contributed by atoms with E-state index in [9.17, 15) is 48.3 Å². The normalized spacial score (nSPS) is 12.2. The highest BCUT2D eigenvalue weighted by Crippen LogP contribution is 2.50. The number of alkyl halides is 3. The lowest BCUT2D eigenvalue weighted by molar-refractivity contribution is -0.143. The molecule has 0 atom stereocenters. The average Bonchev–Trinajstić information content (AvgIpc) is 2.91. The second kappa shape index (κ2) is 9.56. The maximum atomic E-state index is 15.3. The Morgan fingerprint density at radius 1 is 0.381 bits per heavy atom. The van der Waals surface area contributed by atoms with Crippen LogP contribution >= 0.6 is 0 Å². The molecule has 0 N–H and O–H groups in total. The summed E-state index contributed by atoms with van der Waals surface area (Å²) in [6, 6.07) is 1.49. The first-order valence-electron chi connectivity index (χ1n) is 11.0. The van der Waals surface area contributed by atoms with Crippen LogP contribution in [-0.2, 0) is 6.18 Å². The van der Waals surface area contributed by atoms with E-state index in [0.29, 0.717) is 12.1 Å². The summed E-state index contributed by atoms with van der Waals surface area (Å²) in [6.07, 6.45) is -6.01. The third kappa shape index (κ3) is 3.96. The van der Waals surface area contributed by atoms with Gasteiger partial charge in [-0.15, -0.1) is 0 Å². The van der Waals surface area contributed by atoms with Crippen molar-refractivity contribution in [2.75, 3.05) is 0 Å². The maximum Gasteiger partial charge on any atom is 0.422 e. The van der Waals surface area contributed by atoms with Crippen LogP contribution in [0.2, 0.25) is 0 Å². The van der Waals surface area contributed by atoms with E-state index >= 15 is 17.6 Å². The molecular formula is C27H5F15. The Morgan fingerprint density at radius 2 is 0.762 bits per heavy atom. The van der Waals surface area contributed by atoms with Crippen molar-refractivity contribution < 1.29 is 65.9 Å². The van der Waals surface area contributed by atoms with Gasteiger partial charge in [0.15, 0.2) is 46.5 Å². The van der Waals surface area contributed by atoms with E-state index in [1.165, 1.54) is 0 Å². The van der Waals surface area contributed by atoms with Crippen LogP contribution in [-0.4, -0.2) is 0 Å². The number of benzene rings is 5. The van der Waals surface area contributed by atoms with Gasteiger partial charge in [0.25, 0.3) is 0 Å². The van der Waals surface area contributed by atoms with Crippen LogP contribution in [0.5, 0.6) is 0 Å². The molecule has 0 unspecified atom stereocenters. The zero-order valence-electron chi connectivity index (χ0n) is 19.6. The lowest BCUT2D eigenvalue weighted by Gasteiger charge is -2.21. The molecule has 0 radical (unpaired) electrons. The highest BCUT2D eigenvalue weighted by Gasteiger charge is 2.43.